The smallest absolute Gasteiger partial charge is 0.416 e. The highest BCUT2D eigenvalue weighted by Gasteiger charge is 2.30. The first-order chi connectivity index (χ1) is 13.8. The average Bonchev–Trinajstić information content (AvgIpc) is 3.06. The van der Waals surface area contributed by atoms with E-state index in [-0.39, 0.29) is 18.1 Å². The van der Waals surface area contributed by atoms with Gasteiger partial charge in [0.05, 0.1) is 18.2 Å². The second-order valence-electron chi connectivity index (χ2n) is 6.07. The Morgan fingerprint density at radius 1 is 1.14 bits per heavy atom. The number of hydrogen-bond donors (Lipinski definition) is 1. The van der Waals surface area contributed by atoms with Crippen LogP contribution in [0.2, 0.25) is 0 Å². The zero-order valence-electron chi connectivity index (χ0n) is 15.5. The first kappa shape index (κ1) is 20.2. The van der Waals surface area contributed by atoms with Crippen LogP contribution in [0.25, 0.3) is 0 Å². The van der Waals surface area contributed by atoms with Gasteiger partial charge in [0.2, 0.25) is 0 Å². The molecule has 6 nitrogen and oxygen atoms in total. The maximum absolute atomic E-state index is 12.8. The van der Waals surface area contributed by atoms with Crippen molar-refractivity contribution in [3.63, 3.8) is 0 Å². The van der Waals surface area contributed by atoms with Crippen molar-refractivity contribution in [3.05, 3.63) is 71.1 Å². The number of methoxy groups -OCH3 is 1. The summed E-state index contributed by atoms with van der Waals surface area (Å²) in [6.45, 7) is 1.40. The molecule has 0 fully saturated rings. The molecule has 29 heavy (non-hydrogen) atoms. The molecule has 1 amide bonds. The van der Waals surface area contributed by atoms with Crippen molar-refractivity contribution in [2.75, 3.05) is 12.4 Å². The molecule has 152 valence electrons. The molecule has 1 heterocycles. The Labute approximate surface area is 164 Å². The highest BCUT2D eigenvalue weighted by molar-refractivity contribution is 6.04. The van der Waals surface area contributed by atoms with E-state index in [1.807, 2.05) is 0 Å². The topological polar surface area (TPSA) is 73.6 Å². The minimum Gasteiger partial charge on any atom is -0.497 e. The van der Waals surface area contributed by atoms with Gasteiger partial charge >= 0.3 is 6.18 Å². The van der Waals surface area contributed by atoms with Crippen LogP contribution in [-0.4, -0.2) is 18.2 Å². The molecule has 0 unspecified atom stereocenters. The molecule has 0 aliphatic rings. The number of amides is 1. The van der Waals surface area contributed by atoms with Gasteiger partial charge < -0.3 is 19.3 Å². The Balaban J connectivity index is 1.75. The summed E-state index contributed by atoms with van der Waals surface area (Å²) in [4.78, 5) is 12.6. The number of nitrogens with zero attached hydrogens (tertiary/aromatic N) is 1. The molecule has 2 aromatic carbocycles. The van der Waals surface area contributed by atoms with Crippen LogP contribution in [0.1, 0.15) is 27.4 Å². The molecule has 0 bridgehead atoms. The maximum atomic E-state index is 12.8. The lowest BCUT2D eigenvalue weighted by atomic mass is 10.2. The number of aryl methyl sites for hydroxylation is 1. The first-order valence-corrected chi connectivity index (χ1v) is 8.48. The number of ether oxygens (including phenoxy) is 2. The number of anilines is 1. The first-order valence-electron chi connectivity index (χ1n) is 8.48. The van der Waals surface area contributed by atoms with Crippen LogP contribution in [0.3, 0.4) is 0 Å². The summed E-state index contributed by atoms with van der Waals surface area (Å²) in [5.74, 6) is 0.359. The van der Waals surface area contributed by atoms with Gasteiger partial charge in [-0.2, -0.15) is 13.2 Å². The summed E-state index contributed by atoms with van der Waals surface area (Å²) in [7, 11) is 1.51. The van der Waals surface area contributed by atoms with Crippen LogP contribution in [0.5, 0.6) is 11.5 Å². The van der Waals surface area contributed by atoms with Gasteiger partial charge in [-0.1, -0.05) is 17.3 Å². The number of aromatic nitrogens is 1. The molecule has 1 N–H and O–H groups in total. The zero-order valence-corrected chi connectivity index (χ0v) is 15.5. The summed E-state index contributed by atoms with van der Waals surface area (Å²) in [5, 5.41) is 6.41. The normalized spacial score (nSPS) is 11.2. The average molecular weight is 406 g/mol. The van der Waals surface area contributed by atoms with Crippen molar-refractivity contribution in [2.24, 2.45) is 0 Å². The Hall–Kier alpha value is -3.49. The Morgan fingerprint density at radius 2 is 1.86 bits per heavy atom. The number of carbonyl (C=O) groups excluding carboxylic acids is 1. The fraction of sp³-hybridized carbons (Fsp3) is 0.200. The molecule has 3 rings (SSSR count). The number of alkyl halides is 3. The molecule has 0 aliphatic carbocycles. The minimum absolute atomic E-state index is 0.0135. The number of halogens is 3. The van der Waals surface area contributed by atoms with E-state index in [0.717, 1.165) is 12.1 Å². The Bertz CT molecular complexity index is 1010. The maximum Gasteiger partial charge on any atom is 0.416 e. The van der Waals surface area contributed by atoms with E-state index in [1.54, 1.807) is 31.2 Å². The molecular formula is C20H17F3N2O4. The van der Waals surface area contributed by atoms with Crippen molar-refractivity contribution >= 4 is 11.6 Å². The van der Waals surface area contributed by atoms with Gasteiger partial charge in [0.25, 0.3) is 5.91 Å². The van der Waals surface area contributed by atoms with Gasteiger partial charge in [-0.25, -0.2) is 0 Å². The monoisotopic (exact) mass is 406 g/mol. The van der Waals surface area contributed by atoms with E-state index >= 15 is 0 Å². The van der Waals surface area contributed by atoms with E-state index in [1.165, 1.54) is 19.2 Å². The summed E-state index contributed by atoms with van der Waals surface area (Å²) < 4.78 is 54.1. The molecular weight excluding hydrogens is 389 g/mol. The van der Waals surface area contributed by atoms with Crippen LogP contribution >= 0.6 is 0 Å². The van der Waals surface area contributed by atoms with Gasteiger partial charge in [-0.05, 0) is 37.3 Å². The highest BCUT2D eigenvalue weighted by atomic mass is 19.4. The number of benzene rings is 2. The Morgan fingerprint density at radius 3 is 2.59 bits per heavy atom. The van der Waals surface area contributed by atoms with Crippen LogP contribution in [-0.2, 0) is 12.8 Å². The highest BCUT2D eigenvalue weighted by Crippen LogP contribution is 2.31. The van der Waals surface area contributed by atoms with E-state index in [2.05, 4.69) is 10.5 Å². The van der Waals surface area contributed by atoms with Crippen molar-refractivity contribution < 1.29 is 32.0 Å². The second-order valence-corrected chi connectivity index (χ2v) is 6.07. The lowest BCUT2D eigenvalue weighted by Gasteiger charge is -2.10. The summed E-state index contributed by atoms with van der Waals surface area (Å²) >= 11 is 0. The van der Waals surface area contributed by atoms with Gasteiger partial charge in [-0.15, -0.1) is 0 Å². The van der Waals surface area contributed by atoms with Crippen molar-refractivity contribution in [3.8, 4) is 11.5 Å². The van der Waals surface area contributed by atoms with Gasteiger partial charge in [-0.3, -0.25) is 4.79 Å². The number of hydrogen-bond acceptors (Lipinski definition) is 5. The lowest BCUT2D eigenvalue weighted by Crippen LogP contribution is -2.15. The lowest BCUT2D eigenvalue weighted by molar-refractivity contribution is -0.137. The number of rotatable bonds is 6. The molecule has 1 aromatic heterocycles. The molecule has 0 radical (unpaired) electrons. The quantitative estimate of drug-likeness (QED) is 0.634. The van der Waals surface area contributed by atoms with E-state index in [0.29, 0.717) is 22.8 Å². The van der Waals surface area contributed by atoms with Crippen molar-refractivity contribution in [2.45, 2.75) is 19.7 Å². The predicted octanol–water partition coefficient (Wildman–Crippen LogP) is 4.84. The summed E-state index contributed by atoms with van der Waals surface area (Å²) in [5.41, 5.74) is -0.0205. The molecule has 0 saturated heterocycles. The van der Waals surface area contributed by atoms with E-state index in [4.69, 9.17) is 14.0 Å². The fourth-order valence-electron chi connectivity index (χ4n) is 2.55. The van der Waals surface area contributed by atoms with E-state index < -0.39 is 17.6 Å². The molecule has 9 heteroatoms. The van der Waals surface area contributed by atoms with Crippen LogP contribution in [0, 0.1) is 6.92 Å². The summed E-state index contributed by atoms with van der Waals surface area (Å²) in [6.07, 6.45) is -4.48. The zero-order chi connectivity index (χ0) is 21.0. The molecule has 0 atom stereocenters. The van der Waals surface area contributed by atoms with Gasteiger partial charge in [0.15, 0.2) is 5.69 Å². The fourth-order valence-corrected chi connectivity index (χ4v) is 2.55. The molecule has 0 aliphatic heterocycles. The third-order valence-electron chi connectivity index (χ3n) is 4.07. The van der Waals surface area contributed by atoms with Crippen LogP contribution in [0.4, 0.5) is 18.9 Å². The van der Waals surface area contributed by atoms with Crippen molar-refractivity contribution in [1.82, 2.24) is 5.16 Å². The van der Waals surface area contributed by atoms with E-state index in [9.17, 15) is 18.0 Å². The third kappa shape index (κ3) is 4.87. The third-order valence-corrected chi connectivity index (χ3v) is 4.07. The Kier molecular flexibility index (Phi) is 5.76. The standard InChI is InChI=1S/C20H17F3N2O4/c1-12-17(11-28-16-8-3-5-13(9-16)20(21,22)23)18(25-29-12)19(26)24-14-6-4-7-15(10-14)27-2/h3-10H,11H2,1-2H3,(H,24,26). The number of carbonyl (C=O) groups is 1. The second kappa shape index (κ2) is 8.26. The minimum atomic E-state index is -4.48. The number of nitrogens with one attached hydrogen (secondary N) is 1. The summed E-state index contributed by atoms with van der Waals surface area (Å²) in [6, 6.07) is 11.2. The molecule has 0 saturated carbocycles. The SMILES string of the molecule is COc1cccc(NC(=O)c2noc(C)c2COc2cccc(C(F)(F)F)c2)c1. The van der Waals surface area contributed by atoms with Crippen LogP contribution < -0.4 is 14.8 Å². The predicted molar refractivity (Wildman–Crippen MR) is 98.0 cm³/mol. The molecule has 0 spiro atoms. The van der Waals surface area contributed by atoms with Gasteiger partial charge in [0.1, 0.15) is 23.9 Å². The van der Waals surface area contributed by atoms with Crippen molar-refractivity contribution in [1.29, 1.82) is 0 Å². The van der Waals surface area contributed by atoms with Crippen LogP contribution in [0.15, 0.2) is 53.1 Å². The van der Waals surface area contributed by atoms with Gasteiger partial charge in [0, 0.05) is 11.8 Å². The molecule has 3 aromatic rings. The largest absolute Gasteiger partial charge is 0.497 e.